The molecule has 9 heteroatoms. The minimum absolute atomic E-state index is 0.0660. The van der Waals surface area contributed by atoms with E-state index in [0.29, 0.717) is 64.7 Å². The summed E-state index contributed by atoms with van der Waals surface area (Å²) in [6.45, 7) is 10.0. The number of piperidine rings is 1. The summed E-state index contributed by atoms with van der Waals surface area (Å²) in [6.07, 6.45) is 4.72. The average molecular weight is 507 g/mol. The van der Waals surface area contributed by atoms with E-state index in [9.17, 15) is 9.59 Å². The van der Waals surface area contributed by atoms with Gasteiger partial charge in [-0.2, -0.15) is 0 Å². The summed E-state index contributed by atoms with van der Waals surface area (Å²) in [6, 6.07) is 11.9. The van der Waals surface area contributed by atoms with Gasteiger partial charge in [0.2, 0.25) is 5.91 Å². The second kappa shape index (κ2) is 11.5. The number of amides is 2. The summed E-state index contributed by atoms with van der Waals surface area (Å²) in [4.78, 5) is 36.2. The van der Waals surface area contributed by atoms with Crippen molar-refractivity contribution in [2.75, 3.05) is 45.9 Å². The first-order chi connectivity index (χ1) is 18.0. The number of hydrogen-bond donors (Lipinski definition) is 1. The molecule has 2 aliphatic heterocycles. The van der Waals surface area contributed by atoms with Gasteiger partial charge in [-0.05, 0) is 36.6 Å². The second-order valence-electron chi connectivity index (χ2n) is 10.5. The minimum Gasteiger partial charge on any atom is -0.378 e. The number of aryl methyl sites for hydroxylation is 2. The van der Waals surface area contributed by atoms with Gasteiger partial charge in [0.15, 0.2) is 5.82 Å². The van der Waals surface area contributed by atoms with Crippen LogP contribution in [0.2, 0.25) is 0 Å². The molecule has 0 spiro atoms. The number of aromatic nitrogens is 3. The smallest absolute Gasteiger partial charge is 0.290 e. The lowest BCUT2D eigenvalue weighted by Gasteiger charge is -2.40. The predicted molar refractivity (Wildman–Crippen MR) is 142 cm³/mol. The van der Waals surface area contributed by atoms with Crippen LogP contribution in [0.25, 0.3) is 11.0 Å². The fourth-order valence-corrected chi connectivity index (χ4v) is 5.51. The van der Waals surface area contributed by atoms with Gasteiger partial charge >= 0.3 is 0 Å². The summed E-state index contributed by atoms with van der Waals surface area (Å²) in [5, 5.41) is 3.45. The molecule has 5 rings (SSSR count). The zero-order valence-electron chi connectivity index (χ0n) is 21.9. The molecule has 2 amide bonds. The molecule has 1 aromatic carbocycles. The highest BCUT2D eigenvalue weighted by Crippen LogP contribution is 2.24. The molecule has 2 aromatic heterocycles. The fraction of sp³-hybridized carbons (Fsp3) is 0.536. The highest BCUT2D eigenvalue weighted by molar-refractivity contribution is 5.95. The van der Waals surface area contributed by atoms with Gasteiger partial charge in [0.1, 0.15) is 0 Å². The van der Waals surface area contributed by atoms with E-state index in [4.69, 9.17) is 9.72 Å². The molecule has 3 aromatic rings. The number of ether oxygens (including phenoxy) is 1. The molecule has 1 N–H and O–H groups in total. The van der Waals surface area contributed by atoms with Crippen LogP contribution in [0.3, 0.4) is 0 Å². The molecule has 0 unspecified atom stereocenters. The third-order valence-electron chi connectivity index (χ3n) is 7.36. The van der Waals surface area contributed by atoms with E-state index in [0.717, 1.165) is 17.6 Å². The third kappa shape index (κ3) is 5.72. The summed E-state index contributed by atoms with van der Waals surface area (Å²) in [5.41, 5.74) is 1.79. The number of nitrogens with one attached hydrogen (secondary N) is 1. The van der Waals surface area contributed by atoms with E-state index >= 15 is 0 Å². The molecule has 9 nitrogen and oxygen atoms in total. The number of para-hydroxylation sites is 2. The molecule has 198 valence electrons. The minimum atomic E-state index is -0.146. The maximum absolute atomic E-state index is 14.2. The molecule has 4 heterocycles. The molecule has 37 heavy (non-hydrogen) atoms. The molecule has 2 aliphatic rings. The SMILES string of the molecule is CC(C)CN(C(=O)c1nc2ccccc2n1CCn1cccc1)[C@@H]1CNC[C@H](C(=O)N2CCOCC2)C1. The lowest BCUT2D eigenvalue weighted by Crippen LogP contribution is -2.56. The zero-order chi connectivity index (χ0) is 25.8. The Labute approximate surface area is 218 Å². The Morgan fingerprint density at radius 1 is 1.08 bits per heavy atom. The van der Waals surface area contributed by atoms with Crippen molar-refractivity contribution < 1.29 is 14.3 Å². The third-order valence-corrected chi connectivity index (χ3v) is 7.36. The predicted octanol–water partition coefficient (Wildman–Crippen LogP) is 2.47. The first kappa shape index (κ1) is 25.5. The Kier molecular flexibility index (Phi) is 7.90. The van der Waals surface area contributed by atoms with Gasteiger partial charge in [-0.3, -0.25) is 9.59 Å². The van der Waals surface area contributed by atoms with Crippen molar-refractivity contribution >= 4 is 22.8 Å². The van der Waals surface area contributed by atoms with Gasteiger partial charge in [-0.1, -0.05) is 26.0 Å². The van der Waals surface area contributed by atoms with Crippen LogP contribution in [0, 0.1) is 11.8 Å². The van der Waals surface area contributed by atoms with Gasteiger partial charge in [-0.15, -0.1) is 0 Å². The van der Waals surface area contributed by atoms with Gasteiger partial charge in [0, 0.05) is 64.2 Å². The van der Waals surface area contributed by atoms with Crippen LogP contribution >= 0.6 is 0 Å². The van der Waals surface area contributed by atoms with Crippen LogP contribution in [-0.2, 0) is 22.6 Å². The summed E-state index contributed by atoms with van der Waals surface area (Å²) in [7, 11) is 0. The highest BCUT2D eigenvalue weighted by atomic mass is 16.5. The van der Waals surface area contributed by atoms with Crippen LogP contribution in [-0.4, -0.2) is 87.7 Å². The van der Waals surface area contributed by atoms with Crippen LogP contribution in [0.4, 0.5) is 0 Å². The largest absolute Gasteiger partial charge is 0.378 e. The molecule has 2 saturated heterocycles. The van der Waals surface area contributed by atoms with Gasteiger partial charge in [0.25, 0.3) is 5.91 Å². The van der Waals surface area contributed by atoms with E-state index in [1.165, 1.54) is 0 Å². The van der Waals surface area contributed by atoms with Crippen molar-refractivity contribution in [3.63, 3.8) is 0 Å². The number of hydrogen-bond acceptors (Lipinski definition) is 5. The number of carbonyl (C=O) groups excluding carboxylic acids is 2. The molecular formula is C28H38N6O3. The second-order valence-corrected chi connectivity index (χ2v) is 10.5. The number of nitrogens with zero attached hydrogens (tertiary/aromatic N) is 5. The standard InChI is InChI=1S/C28H38N6O3/c1-21(2)20-34(23-17-22(18-29-19-23)27(35)32-13-15-37-16-14-32)28(36)26-30-24-7-3-4-8-25(24)33(26)12-11-31-9-5-6-10-31/h3-10,21-23,29H,11-20H2,1-2H3/t22-,23+/m1/s1. The maximum atomic E-state index is 14.2. The quantitative estimate of drug-likeness (QED) is 0.508. The number of benzene rings is 1. The van der Waals surface area contributed by atoms with Crippen LogP contribution in [0.1, 0.15) is 30.9 Å². The van der Waals surface area contributed by atoms with Crippen LogP contribution < -0.4 is 5.32 Å². The van der Waals surface area contributed by atoms with Crippen molar-refractivity contribution in [3.05, 3.63) is 54.6 Å². The molecule has 0 bridgehead atoms. The molecule has 0 aliphatic carbocycles. The van der Waals surface area contributed by atoms with Gasteiger partial charge < -0.3 is 29.0 Å². The summed E-state index contributed by atoms with van der Waals surface area (Å²) in [5.74, 6) is 0.708. The zero-order valence-corrected chi connectivity index (χ0v) is 21.9. The van der Waals surface area contributed by atoms with Crippen molar-refractivity contribution in [1.82, 2.24) is 29.2 Å². The fourth-order valence-electron chi connectivity index (χ4n) is 5.51. The van der Waals surface area contributed by atoms with Crippen molar-refractivity contribution in [2.45, 2.75) is 39.4 Å². The first-order valence-corrected chi connectivity index (χ1v) is 13.5. The Balaban J connectivity index is 1.40. The highest BCUT2D eigenvalue weighted by Gasteiger charge is 2.36. The van der Waals surface area contributed by atoms with Crippen LogP contribution in [0.5, 0.6) is 0 Å². The summed E-state index contributed by atoms with van der Waals surface area (Å²) < 4.78 is 9.59. The maximum Gasteiger partial charge on any atom is 0.290 e. The van der Waals surface area contributed by atoms with Crippen molar-refractivity contribution in [2.24, 2.45) is 11.8 Å². The van der Waals surface area contributed by atoms with Crippen LogP contribution in [0.15, 0.2) is 48.8 Å². The van der Waals surface area contributed by atoms with E-state index in [-0.39, 0.29) is 29.7 Å². The Hall–Kier alpha value is -3.17. The first-order valence-electron chi connectivity index (χ1n) is 13.5. The van der Waals surface area contributed by atoms with Crippen molar-refractivity contribution in [1.29, 1.82) is 0 Å². The molecule has 2 fully saturated rings. The van der Waals surface area contributed by atoms with Gasteiger partial charge in [-0.25, -0.2) is 4.98 Å². The summed E-state index contributed by atoms with van der Waals surface area (Å²) >= 11 is 0. The Morgan fingerprint density at radius 2 is 1.84 bits per heavy atom. The lowest BCUT2D eigenvalue weighted by atomic mass is 9.92. The molecular weight excluding hydrogens is 468 g/mol. The van der Waals surface area contributed by atoms with Crippen molar-refractivity contribution in [3.8, 4) is 0 Å². The average Bonchev–Trinajstić information content (AvgIpc) is 3.58. The number of morpholine rings is 1. The Morgan fingerprint density at radius 3 is 2.59 bits per heavy atom. The molecule has 0 radical (unpaired) electrons. The Bertz CT molecular complexity index is 1200. The molecule has 0 saturated carbocycles. The van der Waals surface area contributed by atoms with E-state index < -0.39 is 0 Å². The number of imidazole rings is 1. The number of carbonyl (C=O) groups is 2. The van der Waals surface area contributed by atoms with E-state index in [1.807, 2.05) is 58.6 Å². The molecule has 2 atom stereocenters. The van der Waals surface area contributed by atoms with Gasteiger partial charge in [0.05, 0.1) is 30.2 Å². The number of fused-ring (bicyclic) bond motifs is 1. The normalized spacial score (nSPS) is 20.5. The van der Waals surface area contributed by atoms with E-state index in [1.54, 1.807) is 0 Å². The number of rotatable bonds is 8. The monoisotopic (exact) mass is 506 g/mol. The van der Waals surface area contributed by atoms with E-state index in [2.05, 4.69) is 28.3 Å². The topological polar surface area (TPSA) is 84.6 Å². The lowest BCUT2D eigenvalue weighted by molar-refractivity contribution is -0.140.